The first-order valence-corrected chi connectivity index (χ1v) is 7.01. The number of nitrogens with one attached hydrogen (secondary N) is 1. The molecule has 0 aromatic heterocycles. The molecular weight excluding hydrogens is 208 g/mol. The molecule has 90 valence electrons. The van der Waals surface area contributed by atoms with Gasteiger partial charge in [0.2, 0.25) is 5.91 Å². The minimum atomic E-state index is 0.177. The monoisotopic (exact) mass is 232 g/mol. The molecule has 3 N–H and O–H groups in total. The molecule has 0 spiro atoms. The van der Waals surface area contributed by atoms with Gasteiger partial charge in [0.05, 0.1) is 0 Å². The van der Waals surface area contributed by atoms with Crippen molar-refractivity contribution in [1.82, 2.24) is 5.32 Å². The van der Waals surface area contributed by atoms with Crippen LogP contribution < -0.4 is 11.1 Å². The third-order valence-corrected chi connectivity index (χ3v) is 3.14. The highest BCUT2D eigenvalue weighted by molar-refractivity contribution is 7.99. The highest BCUT2D eigenvalue weighted by Gasteiger charge is 1.99. The molecule has 0 bridgehead atoms. The molecule has 0 radical (unpaired) electrons. The SMILES string of the molecule is CCCCSCCC(=O)NCCCCN. The van der Waals surface area contributed by atoms with E-state index in [9.17, 15) is 4.79 Å². The zero-order chi connectivity index (χ0) is 11.4. The Balaban J connectivity index is 3.11. The maximum absolute atomic E-state index is 11.3. The Labute approximate surface area is 97.6 Å². The van der Waals surface area contributed by atoms with Crippen LogP contribution in [0.15, 0.2) is 0 Å². The maximum atomic E-state index is 11.3. The molecular formula is C11H24N2OS. The lowest BCUT2D eigenvalue weighted by molar-refractivity contribution is -0.120. The summed E-state index contributed by atoms with van der Waals surface area (Å²) < 4.78 is 0. The smallest absolute Gasteiger partial charge is 0.220 e. The fourth-order valence-corrected chi connectivity index (χ4v) is 2.13. The van der Waals surface area contributed by atoms with Crippen molar-refractivity contribution in [2.24, 2.45) is 5.73 Å². The largest absolute Gasteiger partial charge is 0.356 e. The molecule has 0 unspecified atom stereocenters. The number of nitrogens with two attached hydrogens (primary N) is 1. The van der Waals surface area contributed by atoms with Gasteiger partial charge in [-0.05, 0) is 31.6 Å². The topological polar surface area (TPSA) is 55.1 Å². The van der Waals surface area contributed by atoms with Gasteiger partial charge in [0.15, 0.2) is 0 Å². The molecule has 0 fully saturated rings. The van der Waals surface area contributed by atoms with E-state index in [1.165, 1.54) is 18.6 Å². The average molecular weight is 232 g/mol. The van der Waals surface area contributed by atoms with Crippen molar-refractivity contribution in [2.75, 3.05) is 24.6 Å². The van der Waals surface area contributed by atoms with Gasteiger partial charge in [-0.15, -0.1) is 0 Å². The standard InChI is InChI=1S/C11H24N2OS/c1-2-3-9-15-10-6-11(14)13-8-5-4-7-12/h2-10,12H2,1H3,(H,13,14). The summed E-state index contributed by atoms with van der Waals surface area (Å²) >= 11 is 1.87. The molecule has 0 saturated carbocycles. The second kappa shape index (κ2) is 11.9. The van der Waals surface area contributed by atoms with Crippen LogP contribution in [0.2, 0.25) is 0 Å². The van der Waals surface area contributed by atoms with Crippen LogP contribution in [0, 0.1) is 0 Å². The Morgan fingerprint density at radius 2 is 2.07 bits per heavy atom. The summed E-state index contributed by atoms with van der Waals surface area (Å²) in [4.78, 5) is 11.3. The van der Waals surface area contributed by atoms with Crippen LogP contribution >= 0.6 is 11.8 Å². The van der Waals surface area contributed by atoms with Crippen molar-refractivity contribution in [3.05, 3.63) is 0 Å². The summed E-state index contributed by atoms with van der Waals surface area (Å²) in [6.45, 7) is 3.67. The molecule has 0 aliphatic carbocycles. The van der Waals surface area contributed by atoms with Crippen molar-refractivity contribution in [3.63, 3.8) is 0 Å². The van der Waals surface area contributed by atoms with Crippen LogP contribution in [0.3, 0.4) is 0 Å². The predicted octanol–water partition coefficient (Wildman–Crippen LogP) is 1.76. The number of carbonyl (C=O) groups excluding carboxylic acids is 1. The lowest BCUT2D eigenvalue weighted by Gasteiger charge is -2.04. The zero-order valence-corrected chi connectivity index (χ0v) is 10.6. The lowest BCUT2D eigenvalue weighted by atomic mass is 10.3. The maximum Gasteiger partial charge on any atom is 0.220 e. The number of hydrogen-bond donors (Lipinski definition) is 2. The van der Waals surface area contributed by atoms with Gasteiger partial charge in [0.25, 0.3) is 0 Å². The van der Waals surface area contributed by atoms with Crippen LogP contribution in [0.5, 0.6) is 0 Å². The fourth-order valence-electron chi connectivity index (χ4n) is 1.10. The molecule has 0 rings (SSSR count). The van der Waals surface area contributed by atoms with Crippen molar-refractivity contribution in [2.45, 2.75) is 39.0 Å². The molecule has 0 aromatic rings. The first-order valence-electron chi connectivity index (χ1n) is 5.85. The van der Waals surface area contributed by atoms with Crippen molar-refractivity contribution < 1.29 is 4.79 Å². The molecule has 1 amide bonds. The van der Waals surface area contributed by atoms with Gasteiger partial charge in [-0.2, -0.15) is 11.8 Å². The van der Waals surface area contributed by atoms with E-state index >= 15 is 0 Å². The molecule has 3 nitrogen and oxygen atoms in total. The summed E-state index contributed by atoms with van der Waals surface area (Å²) in [6.07, 6.45) is 5.12. The first-order chi connectivity index (χ1) is 7.31. The van der Waals surface area contributed by atoms with E-state index in [0.717, 1.165) is 25.1 Å². The Kier molecular flexibility index (Phi) is 11.7. The summed E-state index contributed by atoms with van der Waals surface area (Å²) in [7, 11) is 0. The lowest BCUT2D eigenvalue weighted by Crippen LogP contribution is -2.25. The van der Waals surface area contributed by atoms with Gasteiger partial charge < -0.3 is 11.1 Å². The third-order valence-electron chi connectivity index (χ3n) is 2.07. The van der Waals surface area contributed by atoms with E-state index in [2.05, 4.69) is 12.2 Å². The predicted molar refractivity (Wildman–Crippen MR) is 68.1 cm³/mol. The van der Waals surface area contributed by atoms with Crippen molar-refractivity contribution in [3.8, 4) is 0 Å². The van der Waals surface area contributed by atoms with Gasteiger partial charge in [-0.25, -0.2) is 0 Å². The van der Waals surface area contributed by atoms with E-state index in [1.54, 1.807) is 0 Å². The van der Waals surface area contributed by atoms with Gasteiger partial charge in [-0.3, -0.25) is 4.79 Å². The van der Waals surface area contributed by atoms with Gasteiger partial charge in [0.1, 0.15) is 0 Å². The molecule has 0 atom stereocenters. The number of thioether (sulfide) groups is 1. The Morgan fingerprint density at radius 1 is 1.27 bits per heavy atom. The van der Waals surface area contributed by atoms with Gasteiger partial charge in [-0.1, -0.05) is 13.3 Å². The van der Waals surface area contributed by atoms with Crippen LogP contribution in [0.1, 0.15) is 39.0 Å². The van der Waals surface area contributed by atoms with Crippen LogP contribution in [0.25, 0.3) is 0 Å². The van der Waals surface area contributed by atoms with E-state index in [0.29, 0.717) is 13.0 Å². The molecule has 0 heterocycles. The highest BCUT2D eigenvalue weighted by Crippen LogP contribution is 2.05. The van der Waals surface area contributed by atoms with E-state index in [1.807, 2.05) is 11.8 Å². The molecule has 0 aromatic carbocycles. The molecule has 15 heavy (non-hydrogen) atoms. The number of carbonyl (C=O) groups is 1. The summed E-state index contributed by atoms with van der Waals surface area (Å²) in [5.41, 5.74) is 5.36. The number of rotatable bonds is 10. The first kappa shape index (κ1) is 14.8. The van der Waals surface area contributed by atoms with Crippen LogP contribution in [-0.2, 0) is 4.79 Å². The average Bonchev–Trinajstić information content (AvgIpc) is 2.24. The second-order valence-electron chi connectivity index (χ2n) is 3.56. The number of amides is 1. The van der Waals surface area contributed by atoms with Gasteiger partial charge >= 0.3 is 0 Å². The van der Waals surface area contributed by atoms with Crippen LogP contribution in [0.4, 0.5) is 0 Å². The molecule has 4 heteroatoms. The van der Waals surface area contributed by atoms with Crippen molar-refractivity contribution in [1.29, 1.82) is 0 Å². The number of hydrogen-bond acceptors (Lipinski definition) is 3. The Hall–Kier alpha value is -0.220. The fraction of sp³-hybridized carbons (Fsp3) is 0.909. The molecule has 0 saturated heterocycles. The third kappa shape index (κ3) is 11.7. The minimum Gasteiger partial charge on any atom is -0.356 e. The molecule has 0 aliphatic heterocycles. The summed E-state index contributed by atoms with van der Waals surface area (Å²) in [5.74, 6) is 2.30. The summed E-state index contributed by atoms with van der Waals surface area (Å²) in [6, 6.07) is 0. The van der Waals surface area contributed by atoms with Crippen LogP contribution in [-0.4, -0.2) is 30.5 Å². The van der Waals surface area contributed by atoms with Gasteiger partial charge in [0, 0.05) is 18.7 Å². The van der Waals surface area contributed by atoms with E-state index in [-0.39, 0.29) is 5.91 Å². The highest BCUT2D eigenvalue weighted by atomic mass is 32.2. The Morgan fingerprint density at radius 3 is 2.73 bits per heavy atom. The minimum absolute atomic E-state index is 0.177. The molecule has 0 aliphatic rings. The number of unbranched alkanes of at least 4 members (excludes halogenated alkanes) is 2. The quantitative estimate of drug-likeness (QED) is 0.564. The Bertz CT molecular complexity index is 154. The van der Waals surface area contributed by atoms with E-state index < -0.39 is 0 Å². The summed E-state index contributed by atoms with van der Waals surface area (Å²) in [5, 5.41) is 2.90. The van der Waals surface area contributed by atoms with Crippen molar-refractivity contribution >= 4 is 17.7 Å². The zero-order valence-electron chi connectivity index (χ0n) is 9.76. The normalized spacial score (nSPS) is 10.3. The second-order valence-corrected chi connectivity index (χ2v) is 4.79. The van der Waals surface area contributed by atoms with E-state index in [4.69, 9.17) is 5.73 Å².